The van der Waals surface area contributed by atoms with E-state index >= 15 is 0 Å². The molecule has 0 saturated heterocycles. The summed E-state index contributed by atoms with van der Waals surface area (Å²) < 4.78 is 20.4. The normalized spacial score (nSPS) is 13.5. The molecule has 4 rings (SSSR count). The monoisotopic (exact) mass is 413 g/mol. The maximum Gasteiger partial charge on any atom is 0.419 e. The van der Waals surface area contributed by atoms with Crippen LogP contribution in [0.2, 0.25) is 0 Å². The molecule has 0 bridgehead atoms. The zero-order chi connectivity index (χ0) is 21.3. The lowest BCUT2D eigenvalue weighted by Crippen LogP contribution is -2.33. The molecule has 0 spiro atoms. The van der Waals surface area contributed by atoms with E-state index in [-0.39, 0.29) is 48.5 Å². The molecule has 30 heavy (non-hydrogen) atoms. The van der Waals surface area contributed by atoms with Gasteiger partial charge in [-0.1, -0.05) is 18.2 Å². The van der Waals surface area contributed by atoms with Crippen molar-refractivity contribution in [1.29, 1.82) is 0 Å². The van der Waals surface area contributed by atoms with Gasteiger partial charge in [0, 0.05) is 37.2 Å². The molecule has 1 fully saturated rings. The summed E-state index contributed by atoms with van der Waals surface area (Å²) in [4.78, 5) is 36.9. The largest absolute Gasteiger partial charge is 0.419 e. The fourth-order valence-electron chi connectivity index (χ4n) is 3.53. The summed E-state index contributed by atoms with van der Waals surface area (Å²) >= 11 is 0. The van der Waals surface area contributed by atoms with Gasteiger partial charge in [-0.25, -0.2) is 9.18 Å². The average Bonchev–Trinajstić information content (AvgIpc) is 3.51. The first-order chi connectivity index (χ1) is 14.4. The molecule has 0 radical (unpaired) electrons. The number of hydrogen-bond donors (Lipinski definition) is 0. The number of non-ortho nitro benzene ring substituents is 1. The number of aromatic nitrogens is 1. The second kappa shape index (κ2) is 8.10. The Hall–Kier alpha value is -3.49. The molecule has 3 aromatic rings. The molecule has 9 heteroatoms. The van der Waals surface area contributed by atoms with Crippen molar-refractivity contribution in [2.75, 3.05) is 0 Å². The molecule has 0 atom stereocenters. The molecule has 0 unspecified atom stereocenters. The SMILES string of the molecule is O=C(CCCn1c(=O)oc2cc([N+](=O)[O-])ccc21)N(Cc1ccccc1F)C1CC1. The number of aryl methyl sites for hydroxylation is 1. The van der Waals surface area contributed by atoms with Crippen molar-refractivity contribution in [3.8, 4) is 0 Å². The van der Waals surface area contributed by atoms with E-state index in [0.29, 0.717) is 17.5 Å². The third-order valence-electron chi connectivity index (χ3n) is 5.24. The van der Waals surface area contributed by atoms with Crippen LogP contribution in [0, 0.1) is 15.9 Å². The van der Waals surface area contributed by atoms with E-state index in [1.807, 2.05) is 0 Å². The minimum absolute atomic E-state index is 0.0859. The first kappa shape index (κ1) is 19.8. The smallest absolute Gasteiger partial charge is 0.407 e. The van der Waals surface area contributed by atoms with Crippen LogP contribution < -0.4 is 5.76 Å². The topological polar surface area (TPSA) is 98.6 Å². The molecule has 156 valence electrons. The number of carbonyl (C=O) groups is 1. The lowest BCUT2D eigenvalue weighted by molar-refractivity contribution is -0.384. The molecule has 1 aromatic heterocycles. The van der Waals surface area contributed by atoms with Gasteiger partial charge in [0.2, 0.25) is 5.91 Å². The summed E-state index contributed by atoms with van der Waals surface area (Å²) in [6.07, 6.45) is 2.41. The second-order valence-corrected chi connectivity index (χ2v) is 7.38. The second-order valence-electron chi connectivity index (χ2n) is 7.38. The summed E-state index contributed by atoms with van der Waals surface area (Å²) in [5, 5.41) is 10.9. The predicted octanol–water partition coefficient (Wildman–Crippen LogP) is 3.61. The molecule has 0 N–H and O–H groups in total. The van der Waals surface area contributed by atoms with Gasteiger partial charge in [-0.15, -0.1) is 0 Å². The fraction of sp³-hybridized carbons (Fsp3) is 0.333. The number of benzene rings is 2. The van der Waals surface area contributed by atoms with E-state index in [1.165, 1.54) is 28.8 Å². The molecule has 1 amide bonds. The number of nitro groups is 1. The summed E-state index contributed by atoms with van der Waals surface area (Å²) in [5.74, 6) is -1.04. The van der Waals surface area contributed by atoms with Gasteiger partial charge in [-0.05, 0) is 31.4 Å². The third kappa shape index (κ3) is 4.10. The average molecular weight is 413 g/mol. The first-order valence-corrected chi connectivity index (χ1v) is 9.74. The highest BCUT2D eigenvalue weighted by molar-refractivity contribution is 5.77. The van der Waals surface area contributed by atoms with Crippen molar-refractivity contribution in [3.63, 3.8) is 0 Å². The molecule has 1 saturated carbocycles. The molecule has 1 aliphatic rings. The Balaban J connectivity index is 1.42. The summed E-state index contributed by atoms with van der Waals surface area (Å²) in [5.41, 5.74) is 0.909. The number of halogens is 1. The lowest BCUT2D eigenvalue weighted by atomic mass is 10.1. The number of oxazole rings is 1. The summed E-state index contributed by atoms with van der Waals surface area (Å²) in [6.45, 7) is 0.474. The first-order valence-electron chi connectivity index (χ1n) is 9.74. The zero-order valence-electron chi connectivity index (χ0n) is 16.1. The fourth-order valence-corrected chi connectivity index (χ4v) is 3.53. The Labute approximate surface area is 170 Å². The van der Waals surface area contributed by atoms with Crippen LogP contribution in [0.15, 0.2) is 51.7 Å². The molecule has 1 heterocycles. The maximum atomic E-state index is 14.0. The van der Waals surface area contributed by atoms with E-state index in [2.05, 4.69) is 0 Å². The minimum Gasteiger partial charge on any atom is -0.407 e. The van der Waals surface area contributed by atoms with Gasteiger partial charge in [0.25, 0.3) is 5.69 Å². The van der Waals surface area contributed by atoms with Crippen LogP contribution in [-0.4, -0.2) is 26.3 Å². The van der Waals surface area contributed by atoms with Crippen molar-refractivity contribution in [3.05, 3.63) is 74.5 Å². The van der Waals surface area contributed by atoms with Gasteiger partial charge in [-0.2, -0.15) is 0 Å². The Bertz CT molecular complexity index is 1160. The van der Waals surface area contributed by atoms with Crippen LogP contribution >= 0.6 is 0 Å². The van der Waals surface area contributed by atoms with Gasteiger partial charge in [-0.3, -0.25) is 19.5 Å². The van der Waals surface area contributed by atoms with Crippen LogP contribution in [0.25, 0.3) is 11.1 Å². The maximum absolute atomic E-state index is 14.0. The minimum atomic E-state index is -0.622. The van der Waals surface area contributed by atoms with Crippen LogP contribution in [-0.2, 0) is 17.9 Å². The highest BCUT2D eigenvalue weighted by Crippen LogP contribution is 2.29. The summed E-state index contributed by atoms with van der Waals surface area (Å²) in [6, 6.07) is 10.5. The van der Waals surface area contributed by atoms with Gasteiger partial charge >= 0.3 is 5.76 Å². The molecule has 0 aliphatic heterocycles. The Morgan fingerprint density at radius 3 is 2.73 bits per heavy atom. The van der Waals surface area contributed by atoms with Crippen molar-refractivity contribution in [2.24, 2.45) is 0 Å². The van der Waals surface area contributed by atoms with Gasteiger partial charge < -0.3 is 9.32 Å². The van der Waals surface area contributed by atoms with E-state index in [0.717, 1.165) is 12.8 Å². The number of fused-ring (bicyclic) bond motifs is 1. The Morgan fingerprint density at radius 1 is 1.27 bits per heavy atom. The number of carbonyl (C=O) groups excluding carboxylic acids is 1. The standard InChI is InChI=1S/C21H20FN3O5/c22-17-5-2-1-4-14(17)13-24(15-7-8-15)20(26)6-3-11-23-18-10-9-16(25(28)29)12-19(18)30-21(23)27/h1-2,4-5,9-10,12,15H,3,6-8,11,13H2. The van der Waals surface area contributed by atoms with Crippen molar-refractivity contribution in [1.82, 2.24) is 9.47 Å². The van der Waals surface area contributed by atoms with Crippen LogP contribution in [0.1, 0.15) is 31.2 Å². The van der Waals surface area contributed by atoms with Gasteiger partial charge in [0.15, 0.2) is 5.58 Å². The van der Waals surface area contributed by atoms with E-state index in [1.54, 1.807) is 23.1 Å². The number of rotatable bonds is 8. The quantitative estimate of drug-likeness (QED) is 0.415. The summed E-state index contributed by atoms with van der Waals surface area (Å²) in [7, 11) is 0. The molecule has 2 aromatic carbocycles. The Morgan fingerprint density at radius 2 is 2.03 bits per heavy atom. The number of nitro benzene ring substituents is 1. The Kier molecular flexibility index (Phi) is 5.35. The number of hydrogen-bond acceptors (Lipinski definition) is 5. The van der Waals surface area contributed by atoms with Crippen LogP contribution in [0.4, 0.5) is 10.1 Å². The number of nitrogens with zero attached hydrogens (tertiary/aromatic N) is 3. The van der Waals surface area contributed by atoms with Crippen molar-refractivity contribution in [2.45, 2.75) is 44.8 Å². The van der Waals surface area contributed by atoms with E-state index < -0.39 is 10.7 Å². The van der Waals surface area contributed by atoms with E-state index in [4.69, 9.17) is 4.42 Å². The third-order valence-corrected chi connectivity index (χ3v) is 5.24. The molecule has 1 aliphatic carbocycles. The van der Waals surface area contributed by atoms with Crippen molar-refractivity contribution < 1.29 is 18.5 Å². The molecular formula is C21H20FN3O5. The molecular weight excluding hydrogens is 393 g/mol. The van der Waals surface area contributed by atoms with Crippen LogP contribution in [0.5, 0.6) is 0 Å². The van der Waals surface area contributed by atoms with Gasteiger partial charge in [0.1, 0.15) is 5.82 Å². The zero-order valence-corrected chi connectivity index (χ0v) is 16.1. The predicted molar refractivity (Wildman–Crippen MR) is 106 cm³/mol. The van der Waals surface area contributed by atoms with Crippen LogP contribution in [0.3, 0.4) is 0 Å². The highest BCUT2D eigenvalue weighted by atomic mass is 19.1. The lowest BCUT2D eigenvalue weighted by Gasteiger charge is -2.23. The number of amides is 1. The van der Waals surface area contributed by atoms with Crippen molar-refractivity contribution >= 4 is 22.7 Å². The molecule has 8 nitrogen and oxygen atoms in total. The highest BCUT2D eigenvalue weighted by Gasteiger charge is 2.32. The van der Waals surface area contributed by atoms with Gasteiger partial charge in [0.05, 0.1) is 16.5 Å². The van der Waals surface area contributed by atoms with E-state index in [9.17, 15) is 24.1 Å².